The number of rotatable bonds is 9. The van der Waals surface area contributed by atoms with Crippen molar-refractivity contribution in [1.29, 1.82) is 0 Å². The molecule has 0 aromatic heterocycles. The maximum atomic E-state index is 9.97. The molecule has 0 saturated heterocycles. The fourth-order valence-corrected chi connectivity index (χ4v) is 1.73. The van der Waals surface area contributed by atoms with Gasteiger partial charge in [0, 0.05) is 6.54 Å². The molecule has 0 heterocycles. The normalized spacial score (nSPS) is 10.6. The molecule has 0 fully saturated rings. The lowest BCUT2D eigenvalue weighted by Crippen LogP contribution is -2.09. The summed E-state index contributed by atoms with van der Waals surface area (Å²) in [6.07, 6.45) is 10.9. The molecule has 0 aliphatic rings. The molecule has 0 unspecified atom stereocenters. The van der Waals surface area contributed by atoms with E-state index in [1.807, 2.05) is 6.08 Å². The summed E-state index contributed by atoms with van der Waals surface area (Å²) in [6.45, 7) is 0.646. The minimum absolute atomic E-state index is 0.646. The molecule has 92 valence electrons. The van der Waals surface area contributed by atoms with Crippen molar-refractivity contribution in [2.75, 3.05) is 6.54 Å². The van der Waals surface area contributed by atoms with Gasteiger partial charge in [-0.05, 0) is 31.2 Å². The number of nitrogens with one attached hydrogen (secondary N) is 1. The van der Waals surface area contributed by atoms with Gasteiger partial charge in [-0.15, -0.1) is 0 Å². The third-order valence-electron chi connectivity index (χ3n) is 2.66. The number of benzene rings is 1. The minimum atomic E-state index is 0.646. The molecule has 1 aromatic carbocycles. The van der Waals surface area contributed by atoms with Crippen LogP contribution in [0.1, 0.15) is 31.2 Å². The Morgan fingerprint density at radius 3 is 2.59 bits per heavy atom. The van der Waals surface area contributed by atoms with E-state index in [1.165, 1.54) is 31.2 Å². The van der Waals surface area contributed by atoms with Gasteiger partial charge >= 0.3 is 0 Å². The molecule has 17 heavy (non-hydrogen) atoms. The number of hydrogen-bond donors (Lipinski definition) is 1. The average Bonchev–Trinajstić information content (AvgIpc) is 2.38. The largest absolute Gasteiger partial charge is 0.355 e. The number of amides is 1. The Kier molecular flexibility index (Phi) is 7.65. The zero-order valence-electron chi connectivity index (χ0n) is 10.3. The van der Waals surface area contributed by atoms with Gasteiger partial charge in [-0.3, -0.25) is 4.79 Å². The van der Waals surface area contributed by atoms with Crippen molar-refractivity contribution in [3.8, 4) is 0 Å². The number of allylic oxidation sites excluding steroid dienone is 1. The van der Waals surface area contributed by atoms with Crippen LogP contribution in [0.3, 0.4) is 0 Å². The van der Waals surface area contributed by atoms with Gasteiger partial charge in [-0.1, -0.05) is 48.9 Å². The SMILES string of the molecule is O=CNC/C=C/CCCCCc1ccccc1. The highest BCUT2D eigenvalue weighted by atomic mass is 16.1. The summed E-state index contributed by atoms with van der Waals surface area (Å²) in [5, 5.41) is 2.60. The van der Waals surface area contributed by atoms with Crippen LogP contribution in [0.4, 0.5) is 0 Å². The van der Waals surface area contributed by atoms with E-state index in [1.54, 1.807) is 0 Å². The fraction of sp³-hybridized carbons (Fsp3) is 0.400. The molecule has 0 radical (unpaired) electrons. The number of unbranched alkanes of at least 4 members (excludes halogenated alkanes) is 3. The Morgan fingerprint density at radius 2 is 1.82 bits per heavy atom. The first-order valence-corrected chi connectivity index (χ1v) is 6.29. The van der Waals surface area contributed by atoms with Gasteiger partial charge in [0.05, 0.1) is 0 Å². The lowest BCUT2D eigenvalue weighted by molar-refractivity contribution is -0.109. The number of aryl methyl sites for hydroxylation is 1. The topological polar surface area (TPSA) is 29.1 Å². The van der Waals surface area contributed by atoms with E-state index in [0.29, 0.717) is 6.54 Å². The van der Waals surface area contributed by atoms with Gasteiger partial charge in [0.2, 0.25) is 6.41 Å². The van der Waals surface area contributed by atoms with Gasteiger partial charge in [-0.25, -0.2) is 0 Å². The molecular formula is C15H21NO. The first-order valence-electron chi connectivity index (χ1n) is 6.29. The van der Waals surface area contributed by atoms with Crippen LogP contribution in [0.25, 0.3) is 0 Å². The summed E-state index contributed by atoms with van der Waals surface area (Å²) >= 11 is 0. The number of carbonyl (C=O) groups is 1. The smallest absolute Gasteiger partial charge is 0.207 e. The van der Waals surface area contributed by atoms with Crippen LogP contribution in [0.15, 0.2) is 42.5 Å². The molecule has 1 aromatic rings. The molecule has 0 spiro atoms. The number of carbonyl (C=O) groups excluding carboxylic acids is 1. The van der Waals surface area contributed by atoms with E-state index in [-0.39, 0.29) is 0 Å². The van der Waals surface area contributed by atoms with E-state index in [9.17, 15) is 4.79 Å². The lowest BCUT2D eigenvalue weighted by Gasteiger charge is -2.00. The molecule has 0 bridgehead atoms. The summed E-state index contributed by atoms with van der Waals surface area (Å²) in [5.41, 5.74) is 1.43. The molecule has 1 rings (SSSR count). The summed E-state index contributed by atoms with van der Waals surface area (Å²) in [4.78, 5) is 9.97. The molecule has 1 amide bonds. The van der Waals surface area contributed by atoms with E-state index in [2.05, 4.69) is 41.7 Å². The highest BCUT2D eigenvalue weighted by Gasteiger charge is 1.91. The van der Waals surface area contributed by atoms with Crippen molar-refractivity contribution in [2.45, 2.75) is 32.1 Å². The summed E-state index contributed by atoms with van der Waals surface area (Å²) in [6, 6.07) is 10.6. The lowest BCUT2D eigenvalue weighted by atomic mass is 10.1. The Labute approximate surface area is 104 Å². The van der Waals surface area contributed by atoms with Gasteiger partial charge in [0.15, 0.2) is 0 Å². The van der Waals surface area contributed by atoms with Crippen LogP contribution < -0.4 is 5.32 Å². The van der Waals surface area contributed by atoms with Crippen LogP contribution in [-0.4, -0.2) is 13.0 Å². The van der Waals surface area contributed by atoms with Crippen molar-refractivity contribution in [1.82, 2.24) is 5.32 Å². The van der Waals surface area contributed by atoms with Crippen LogP contribution in [0.5, 0.6) is 0 Å². The Bertz CT molecular complexity index is 319. The first-order chi connectivity index (χ1) is 8.43. The summed E-state index contributed by atoms with van der Waals surface area (Å²) in [5.74, 6) is 0. The van der Waals surface area contributed by atoms with Gasteiger partial charge in [0.25, 0.3) is 0 Å². The van der Waals surface area contributed by atoms with E-state index < -0.39 is 0 Å². The molecule has 2 heteroatoms. The van der Waals surface area contributed by atoms with E-state index in [4.69, 9.17) is 0 Å². The Balaban J connectivity index is 1.94. The monoisotopic (exact) mass is 231 g/mol. The van der Waals surface area contributed by atoms with E-state index >= 15 is 0 Å². The quantitative estimate of drug-likeness (QED) is 0.395. The van der Waals surface area contributed by atoms with Gasteiger partial charge in [0.1, 0.15) is 0 Å². The van der Waals surface area contributed by atoms with Crippen molar-refractivity contribution in [2.24, 2.45) is 0 Å². The summed E-state index contributed by atoms with van der Waals surface area (Å²) in [7, 11) is 0. The standard InChI is InChI=1S/C15H21NO/c17-14-16-13-9-4-2-1-3-6-10-15-11-7-5-8-12-15/h4-5,7-9,11-12,14H,1-3,6,10,13H2,(H,16,17)/b9-4+. The average molecular weight is 231 g/mol. The molecule has 0 aliphatic carbocycles. The third kappa shape index (κ3) is 7.34. The predicted molar refractivity (Wildman–Crippen MR) is 71.8 cm³/mol. The maximum Gasteiger partial charge on any atom is 0.207 e. The van der Waals surface area contributed by atoms with Crippen molar-refractivity contribution in [3.63, 3.8) is 0 Å². The third-order valence-corrected chi connectivity index (χ3v) is 2.66. The second-order valence-electron chi connectivity index (χ2n) is 4.08. The van der Waals surface area contributed by atoms with Crippen molar-refractivity contribution >= 4 is 6.41 Å². The maximum absolute atomic E-state index is 9.97. The molecule has 0 saturated carbocycles. The number of hydrogen-bond acceptors (Lipinski definition) is 1. The fourth-order valence-electron chi connectivity index (χ4n) is 1.73. The highest BCUT2D eigenvalue weighted by molar-refractivity contribution is 5.46. The van der Waals surface area contributed by atoms with Crippen LogP contribution in [0, 0.1) is 0 Å². The molecular weight excluding hydrogens is 210 g/mol. The van der Waals surface area contributed by atoms with Gasteiger partial charge in [-0.2, -0.15) is 0 Å². The van der Waals surface area contributed by atoms with Crippen molar-refractivity contribution < 1.29 is 4.79 Å². The molecule has 0 aliphatic heterocycles. The van der Waals surface area contributed by atoms with Crippen LogP contribution >= 0.6 is 0 Å². The zero-order valence-corrected chi connectivity index (χ0v) is 10.3. The van der Waals surface area contributed by atoms with Crippen LogP contribution in [0.2, 0.25) is 0 Å². The summed E-state index contributed by atoms with van der Waals surface area (Å²) < 4.78 is 0. The second kappa shape index (κ2) is 9.64. The van der Waals surface area contributed by atoms with Crippen LogP contribution in [-0.2, 0) is 11.2 Å². The van der Waals surface area contributed by atoms with Crippen molar-refractivity contribution in [3.05, 3.63) is 48.0 Å². The minimum Gasteiger partial charge on any atom is -0.355 e. The predicted octanol–water partition coefficient (Wildman–Crippen LogP) is 3.09. The molecule has 0 atom stereocenters. The van der Waals surface area contributed by atoms with E-state index in [0.717, 1.165) is 12.8 Å². The molecule has 1 N–H and O–H groups in total. The first kappa shape index (κ1) is 13.5. The van der Waals surface area contributed by atoms with Gasteiger partial charge < -0.3 is 5.32 Å². The second-order valence-corrected chi connectivity index (χ2v) is 4.08. The molecule has 2 nitrogen and oxygen atoms in total. The Morgan fingerprint density at radius 1 is 1.00 bits per heavy atom. The Hall–Kier alpha value is -1.57. The highest BCUT2D eigenvalue weighted by Crippen LogP contribution is 2.07. The zero-order chi connectivity index (χ0) is 12.2.